The van der Waals surface area contributed by atoms with Crippen LogP contribution in [0.2, 0.25) is 0 Å². The summed E-state index contributed by atoms with van der Waals surface area (Å²) in [4.78, 5) is 11.8. The zero-order valence-electron chi connectivity index (χ0n) is 9.38. The third-order valence-corrected chi connectivity index (χ3v) is 2.67. The van der Waals surface area contributed by atoms with Crippen LogP contribution in [0.3, 0.4) is 0 Å². The molecule has 1 rings (SSSR count). The molecule has 1 saturated carbocycles. The molecule has 0 aromatic heterocycles. The van der Waals surface area contributed by atoms with Gasteiger partial charge in [-0.2, -0.15) is 0 Å². The molecule has 2 N–H and O–H groups in total. The zero-order chi connectivity index (χ0) is 10.8. The number of esters is 1. The molecule has 0 aliphatic heterocycles. The van der Waals surface area contributed by atoms with Crippen molar-refractivity contribution in [1.29, 1.82) is 0 Å². The van der Waals surface area contributed by atoms with Crippen molar-refractivity contribution in [2.24, 2.45) is 17.6 Å². The third kappa shape index (κ3) is 2.98. The second-order valence-corrected chi connectivity index (χ2v) is 5.07. The van der Waals surface area contributed by atoms with Gasteiger partial charge in [-0.1, -0.05) is 6.42 Å². The Morgan fingerprint density at radius 2 is 2.07 bits per heavy atom. The van der Waals surface area contributed by atoms with Crippen LogP contribution in [0.5, 0.6) is 0 Å². The summed E-state index contributed by atoms with van der Waals surface area (Å²) >= 11 is 0. The van der Waals surface area contributed by atoms with Crippen LogP contribution in [0.4, 0.5) is 0 Å². The minimum absolute atomic E-state index is 0.0409. The highest BCUT2D eigenvalue weighted by atomic mass is 16.6. The van der Waals surface area contributed by atoms with Gasteiger partial charge in [-0.05, 0) is 46.1 Å². The summed E-state index contributed by atoms with van der Waals surface area (Å²) in [6, 6.07) is 0. The van der Waals surface area contributed by atoms with Gasteiger partial charge in [0.25, 0.3) is 0 Å². The van der Waals surface area contributed by atoms with Crippen LogP contribution < -0.4 is 5.73 Å². The highest BCUT2D eigenvalue weighted by molar-refractivity contribution is 5.73. The molecule has 0 amide bonds. The summed E-state index contributed by atoms with van der Waals surface area (Å²) in [5.74, 6) is 0.314. The Labute approximate surface area is 86.0 Å². The van der Waals surface area contributed by atoms with E-state index in [4.69, 9.17) is 10.5 Å². The Balaban J connectivity index is 2.52. The Kier molecular flexibility index (Phi) is 3.53. The van der Waals surface area contributed by atoms with Gasteiger partial charge in [-0.25, -0.2) is 0 Å². The molecule has 2 atom stereocenters. The predicted molar refractivity (Wildman–Crippen MR) is 55.7 cm³/mol. The van der Waals surface area contributed by atoms with Crippen LogP contribution >= 0.6 is 0 Å². The van der Waals surface area contributed by atoms with Crippen molar-refractivity contribution in [3.8, 4) is 0 Å². The van der Waals surface area contributed by atoms with Crippen molar-refractivity contribution in [3.05, 3.63) is 0 Å². The lowest BCUT2D eigenvalue weighted by atomic mass is 9.96. The highest BCUT2D eigenvalue weighted by Gasteiger charge is 2.34. The fourth-order valence-corrected chi connectivity index (χ4v) is 2.01. The van der Waals surface area contributed by atoms with Crippen molar-refractivity contribution < 1.29 is 9.53 Å². The molecular formula is C11H21NO2. The van der Waals surface area contributed by atoms with E-state index in [1.165, 1.54) is 0 Å². The highest BCUT2D eigenvalue weighted by Crippen LogP contribution is 2.32. The Morgan fingerprint density at radius 1 is 1.43 bits per heavy atom. The molecule has 1 unspecified atom stereocenters. The minimum atomic E-state index is -0.376. The molecule has 0 heterocycles. The molecule has 3 nitrogen and oxygen atoms in total. The first-order valence-electron chi connectivity index (χ1n) is 5.37. The van der Waals surface area contributed by atoms with Gasteiger partial charge in [-0.15, -0.1) is 0 Å². The van der Waals surface area contributed by atoms with Gasteiger partial charge < -0.3 is 10.5 Å². The van der Waals surface area contributed by atoms with Gasteiger partial charge >= 0.3 is 5.97 Å². The van der Waals surface area contributed by atoms with E-state index in [9.17, 15) is 4.79 Å². The second-order valence-electron chi connectivity index (χ2n) is 5.07. The maximum absolute atomic E-state index is 11.8. The number of hydrogen-bond donors (Lipinski definition) is 1. The average molecular weight is 199 g/mol. The van der Waals surface area contributed by atoms with E-state index >= 15 is 0 Å². The molecule has 3 heteroatoms. The molecule has 0 aromatic carbocycles. The monoisotopic (exact) mass is 199 g/mol. The quantitative estimate of drug-likeness (QED) is 0.689. The number of carbonyl (C=O) groups excluding carboxylic acids is 1. The van der Waals surface area contributed by atoms with Gasteiger partial charge in [-0.3, -0.25) is 4.79 Å². The van der Waals surface area contributed by atoms with Crippen LogP contribution in [0.1, 0.15) is 40.0 Å². The number of hydrogen-bond acceptors (Lipinski definition) is 3. The van der Waals surface area contributed by atoms with Crippen LogP contribution in [-0.2, 0) is 9.53 Å². The summed E-state index contributed by atoms with van der Waals surface area (Å²) in [6.07, 6.45) is 3.11. The standard InChI is InChI=1S/C11H21NO2/c1-11(2,3)14-10(13)9-6-4-5-8(9)7-12/h8-9H,4-7,12H2,1-3H3/t8-,9?/m1/s1. The van der Waals surface area contributed by atoms with Crippen LogP contribution in [0.25, 0.3) is 0 Å². The zero-order valence-corrected chi connectivity index (χ0v) is 9.38. The molecule has 0 bridgehead atoms. The smallest absolute Gasteiger partial charge is 0.309 e. The van der Waals surface area contributed by atoms with E-state index in [0.29, 0.717) is 12.5 Å². The largest absolute Gasteiger partial charge is 0.460 e. The number of ether oxygens (including phenoxy) is 1. The van der Waals surface area contributed by atoms with Crippen LogP contribution in [-0.4, -0.2) is 18.1 Å². The third-order valence-electron chi connectivity index (χ3n) is 2.67. The second kappa shape index (κ2) is 4.30. The van der Waals surface area contributed by atoms with Gasteiger partial charge in [0.1, 0.15) is 5.60 Å². The van der Waals surface area contributed by atoms with Gasteiger partial charge in [0.05, 0.1) is 5.92 Å². The number of rotatable bonds is 2. The summed E-state index contributed by atoms with van der Waals surface area (Å²) in [7, 11) is 0. The first kappa shape index (κ1) is 11.5. The first-order valence-corrected chi connectivity index (χ1v) is 5.37. The fraction of sp³-hybridized carbons (Fsp3) is 0.909. The lowest BCUT2D eigenvalue weighted by molar-refractivity contribution is -0.161. The van der Waals surface area contributed by atoms with Gasteiger partial charge in [0.15, 0.2) is 0 Å². The van der Waals surface area contributed by atoms with Crippen molar-refractivity contribution in [2.45, 2.75) is 45.6 Å². The van der Waals surface area contributed by atoms with Crippen molar-refractivity contribution in [3.63, 3.8) is 0 Å². The molecule has 0 radical (unpaired) electrons. The normalized spacial score (nSPS) is 27.7. The topological polar surface area (TPSA) is 52.3 Å². The molecule has 0 saturated heterocycles. The lowest BCUT2D eigenvalue weighted by Crippen LogP contribution is -2.32. The predicted octanol–water partition coefficient (Wildman–Crippen LogP) is 1.70. The first-order chi connectivity index (χ1) is 6.44. The van der Waals surface area contributed by atoms with Gasteiger partial charge in [0, 0.05) is 0 Å². The van der Waals surface area contributed by atoms with Crippen molar-refractivity contribution in [1.82, 2.24) is 0 Å². The Hall–Kier alpha value is -0.570. The minimum Gasteiger partial charge on any atom is -0.460 e. The summed E-state index contributed by atoms with van der Waals surface area (Å²) in [6.45, 7) is 6.30. The van der Waals surface area contributed by atoms with Crippen molar-refractivity contribution in [2.75, 3.05) is 6.54 Å². The molecule has 0 spiro atoms. The maximum Gasteiger partial charge on any atom is 0.309 e. The Morgan fingerprint density at radius 3 is 2.57 bits per heavy atom. The van der Waals surface area contributed by atoms with Gasteiger partial charge in [0.2, 0.25) is 0 Å². The van der Waals surface area contributed by atoms with E-state index in [1.54, 1.807) is 0 Å². The average Bonchev–Trinajstić information content (AvgIpc) is 2.47. The van der Waals surface area contributed by atoms with E-state index in [-0.39, 0.29) is 17.5 Å². The van der Waals surface area contributed by atoms with E-state index in [2.05, 4.69) is 0 Å². The van der Waals surface area contributed by atoms with Crippen LogP contribution in [0, 0.1) is 11.8 Å². The summed E-state index contributed by atoms with van der Waals surface area (Å²) in [5, 5.41) is 0. The molecule has 0 aromatic rings. The molecule has 1 aliphatic carbocycles. The number of carbonyl (C=O) groups is 1. The van der Waals surface area contributed by atoms with E-state index in [1.807, 2.05) is 20.8 Å². The van der Waals surface area contributed by atoms with E-state index < -0.39 is 0 Å². The summed E-state index contributed by atoms with van der Waals surface area (Å²) in [5.41, 5.74) is 5.24. The molecular weight excluding hydrogens is 178 g/mol. The SMILES string of the molecule is CC(C)(C)OC(=O)C1CCC[C@@H]1CN. The number of nitrogens with two attached hydrogens (primary N) is 1. The molecule has 82 valence electrons. The van der Waals surface area contributed by atoms with Crippen molar-refractivity contribution >= 4 is 5.97 Å². The molecule has 1 fully saturated rings. The fourth-order valence-electron chi connectivity index (χ4n) is 2.01. The molecule has 1 aliphatic rings. The lowest BCUT2D eigenvalue weighted by Gasteiger charge is -2.24. The maximum atomic E-state index is 11.8. The molecule has 14 heavy (non-hydrogen) atoms. The Bertz CT molecular complexity index is 208. The van der Waals surface area contributed by atoms with Crippen LogP contribution in [0.15, 0.2) is 0 Å². The summed E-state index contributed by atoms with van der Waals surface area (Å²) < 4.78 is 5.36. The van der Waals surface area contributed by atoms with E-state index in [0.717, 1.165) is 19.3 Å².